The van der Waals surface area contributed by atoms with Gasteiger partial charge in [-0.25, -0.2) is 76.7 Å². The van der Waals surface area contributed by atoms with E-state index in [1.54, 1.807) is 27.7 Å². The molecule has 0 aliphatic carbocycles. The number of carbonyl (C=O) groups is 16. The molecule has 0 aliphatic rings. The lowest BCUT2D eigenvalue weighted by Gasteiger charge is -2.24. The number of aliphatic hydroxyl groups is 6. The predicted molar refractivity (Wildman–Crippen MR) is 503 cm³/mol. The van der Waals surface area contributed by atoms with Gasteiger partial charge in [0.15, 0.2) is 22.4 Å². The van der Waals surface area contributed by atoms with Crippen LogP contribution in [0, 0.1) is 0 Å². The fourth-order valence-electron chi connectivity index (χ4n) is 7.47. The van der Waals surface area contributed by atoms with Crippen molar-refractivity contribution in [3.05, 3.63) is 0 Å². The molecule has 882 valence electrons. The van der Waals surface area contributed by atoms with E-state index in [1.807, 2.05) is 0 Å². The fourth-order valence-corrected chi connectivity index (χ4v) is 7.47. The Bertz CT molecular complexity index is 3560. The number of esters is 4. The van der Waals surface area contributed by atoms with Crippen LogP contribution in [-0.4, -0.2) is 479 Å². The molecular weight excluding hydrogens is 2040 g/mol. The molecular formula is C90H162O60. The van der Waals surface area contributed by atoms with Gasteiger partial charge in [0.2, 0.25) is 0 Å². The summed E-state index contributed by atoms with van der Waals surface area (Å²) in [6.07, 6.45) is -17.6. The van der Waals surface area contributed by atoms with Crippen molar-refractivity contribution in [1.82, 2.24) is 0 Å². The third-order valence-corrected chi connectivity index (χ3v) is 15.6. The van der Waals surface area contributed by atoms with Gasteiger partial charge in [0.25, 0.3) is 0 Å². The summed E-state index contributed by atoms with van der Waals surface area (Å²) in [7, 11) is 8.93. The van der Waals surface area contributed by atoms with E-state index in [0.717, 1.165) is 0 Å². The van der Waals surface area contributed by atoms with Crippen molar-refractivity contribution in [2.24, 2.45) is 0 Å². The maximum Gasteiger partial charge on any atom is 0.508 e. The lowest BCUT2D eigenvalue weighted by atomic mass is 10.1. The molecule has 0 aromatic rings. The highest BCUT2D eigenvalue weighted by molar-refractivity contribution is 5.80. The van der Waals surface area contributed by atoms with Crippen molar-refractivity contribution in [1.29, 1.82) is 0 Å². The summed E-state index contributed by atoms with van der Waals surface area (Å²) >= 11 is 0. The van der Waals surface area contributed by atoms with Gasteiger partial charge >= 0.3 is 97.7 Å². The minimum absolute atomic E-state index is 0. The van der Waals surface area contributed by atoms with Crippen LogP contribution in [-0.2, 0) is 199 Å². The van der Waals surface area contributed by atoms with E-state index in [2.05, 4.69) is 71.1 Å². The standard InChI is InChI=1S/C24H42O14.C23H40O14.C12H22O8.C11H20O8.C10H18O8.C9H16O8.CH4/c1-16(25)13-33-19(26)23(4,5)36-11-9-31-21(28)35-15-18(3)38-22(29)32-10-12-37-24(6,7)20(27)34-14-17(2)30-8;1-16(24)14-34-18(25)22(3,4)36-12-10-32-20(27)30-8-9-31-21(28)33-11-13-37-23(5,6)19(26)35-15-17(2)29-7;1-8(13)5-17-11(14)18-7-10(3)20-12(15)19-6-9(2)16-4;1-8(12)6-18-10(13)16-4-5-17-11(14)19-7-9(2)15-3;1-8(7-17-9(12)15-4-3-11)18-10(13)16-6-5-14-2;1-13-4-5-15-9(12)17-7-6-16-8(11)14-3-2-10;/h16-18,25H,9-15H2,1-8H3;16-17,24H,8-15H2,1-7H3;8-10,13H,5-7H2,1-4H3;8-9,12H,4-7H2,1-3H3;8,11H,3-7H2,1-2H3;10H,2-7H2,1H3;1H4. The molecule has 0 fully saturated rings. The van der Waals surface area contributed by atoms with Crippen LogP contribution in [0.2, 0.25) is 0 Å². The minimum atomic E-state index is -1.31. The van der Waals surface area contributed by atoms with Crippen LogP contribution >= 0.6 is 0 Å². The van der Waals surface area contributed by atoms with Gasteiger partial charge in [-0.05, 0) is 132 Å². The molecule has 11 atom stereocenters. The number of ether oxygens (including phenoxy) is 38. The number of hydrogen-bond acceptors (Lipinski definition) is 60. The molecule has 0 spiro atoms. The van der Waals surface area contributed by atoms with Crippen molar-refractivity contribution in [2.45, 2.75) is 229 Å². The highest BCUT2D eigenvalue weighted by Gasteiger charge is 2.35. The summed E-state index contributed by atoms with van der Waals surface area (Å²) in [6.45, 7) is 25.8. The zero-order valence-electron chi connectivity index (χ0n) is 89.4. The van der Waals surface area contributed by atoms with Gasteiger partial charge < -0.3 is 211 Å². The third kappa shape index (κ3) is 99.7. The lowest BCUT2D eigenvalue weighted by molar-refractivity contribution is -0.172. The molecule has 0 bridgehead atoms. The second-order valence-electron chi connectivity index (χ2n) is 31.7. The molecule has 0 aromatic heterocycles. The zero-order chi connectivity index (χ0) is 115. The van der Waals surface area contributed by atoms with Crippen molar-refractivity contribution in [2.75, 3.05) is 261 Å². The first-order valence-electron chi connectivity index (χ1n) is 45.9. The number of rotatable bonds is 68. The minimum Gasteiger partial charge on any atom is -0.461 e. The second kappa shape index (κ2) is 94.7. The molecule has 60 heteroatoms. The normalized spacial score (nSPS) is 12.9. The Morgan fingerprint density at radius 2 is 0.327 bits per heavy atom. The van der Waals surface area contributed by atoms with E-state index < -0.39 is 163 Å². The number of methoxy groups -OCH3 is 6. The molecule has 6 N–H and O–H groups in total. The molecule has 0 radical (unpaired) electrons. The van der Waals surface area contributed by atoms with Crippen molar-refractivity contribution in [3.63, 3.8) is 0 Å². The Hall–Kier alpha value is -11.5. The SMILES string of the molecule is C.COC(C)COC(=O)C(C)(C)OCCOC(=O)OC(C)COC(=O)OCCOC(C)(C)C(=O)OCC(C)O.COC(C)COC(=O)C(C)(C)OCCOC(=O)OCCOC(=O)OCCOC(C)(C)C(=O)OCC(C)O.COC(C)COC(=O)OC(C)COC(=O)OCC(C)O.COC(C)COC(=O)OCCOC(=O)OCC(C)O.COCCOC(=O)OC(C)COC(=O)OCCO.COCCOC(=O)OCCOC(=O)OCCO. The summed E-state index contributed by atoms with van der Waals surface area (Å²) in [5.41, 5.74) is -5.12. The monoisotopic (exact) mass is 2200 g/mol. The molecule has 0 rings (SSSR count). The summed E-state index contributed by atoms with van der Waals surface area (Å²) < 4.78 is 183. The molecule has 0 amide bonds. The van der Waals surface area contributed by atoms with Gasteiger partial charge in [0.05, 0.1) is 102 Å². The van der Waals surface area contributed by atoms with Crippen LogP contribution in [0.25, 0.3) is 0 Å². The summed E-state index contributed by atoms with van der Waals surface area (Å²) in [5.74, 6) is -2.53. The van der Waals surface area contributed by atoms with Crippen LogP contribution in [0.1, 0.15) is 139 Å². The van der Waals surface area contributed by atoms with Gasteiger partial charge in [-0.15, -0.1) is 0 Å². The van der Waals surface area contributed by atoms with Crippen LogP contribution in [0.15, 0.2) is 0 Å². The summed E-state index contributed by atoms with van der Waals surface area (Å²) in [4.78, 5) is 182. The molecule has 0 saturated carbocycles. The summed E-state index contributed by atoms with van der Waals surface area (Å²) in [6, 6.07) is 0. The highest BCUT2D eigenvalue weighted by Crippen LogP contribution is 2.17. The third-order valence-electron chi connectivity index (χ3n) is 15.6. The first kappa shape index (κ1) is 151. The van der Waals surface area contributed by atoms with Crippen LogP contribution in [0.3, 0.4) is 0 Å². The van der Waals surface area contributed by atoms with E-state index in [9.17, 15) is 76.7 Å². The zero-order valence-corrected chi connectivity index (χ0v) is 89.4. The van der Waals surface area contributed by atoms with Gasteiger partial charge in [-0.1, -0.05) is 7.43 Å². The van der Waals surface area contributed by atoms with Crippen molar-refractivity contribution in [3.8, 4) is 0 Å². The van der Waals surface area contributed by atoms with Crippen LogP contribution in [0.4, 0.5) is 57.5 Å². The maximum absolute atomic E-state index is 12.1. The second-order valence-corrected chi connectivity index (χ2v) is 31.7. The smallest absolute Gasteiger partial charge is 0.461 e. The van der Waals surface area contributed by atoms with E-state index in [0.29, 0.717) is 0 Å². The Morgan fingerprint density at radius 3 is 0.527 bits per heavy atom. The topological polar surface area (TPSA) is 745 Å². The number of aliphatic hydroxyl groups excluding tert-OH is 6. The molecule has 150 heavy (non-hydrogen) atoms. The highest BCUT2D eigenvalue weighted by atomic mass is 16.8. The molecule has 0 aliphatic heterocycles. The van der Waals surface area contributed by atoms with Crippen molar-refractivity contribution >= 4 is 97.7 Å². The molecule has 60 nitrogen and oxygen atoms in total. The Balaban J connectivity index is -0.000000338. The quantitative estimate of drug-likeness (QED) is 0.0236. The van der Waals surface area contributed by atoms with E-state index in [4.69, 9.17) is 140 Å². The molecule has 0 heterocycles. The van der Waals surface area contributed by atoms with E-state index in [-0.39, 0.29) is 250 Å². The van der Waals surface area contributed by atoms with Crippen molar-refractivity contribution < 1.29 is 287 Å². The maximum atomic E-state index is 12.1. The van der Waals surface area contributed by atoms with E-state index in [1.165, 1.54) is 147 Å². The average Bonchev–Trinajstić information content (AvgIpc) is 0.890. The Labute approximate surface area is 871 Å². The van der Waals surface area contributed by atoms with Gasteiger partial charge in [0, 0.05) is 42.7 Å². The average molecular weight is 2200 g/mol. The van der Waals surface area contributed by atoms with Crippen LogP contribution in [0.5, 0.6) is 0 Å². The predicted octanol–water partition coefficient (Wildman–Crippen LogP) is 5.85. The molecule has 11 unspecified atom stereocenters. The van der Waals surface area contributed by atoms with Gasteiger partial charge in [0.1, 0.15) is 183 Å². The molecule has 0 aromatic carbocycles. The first-order chi connectivity index (χ1) is 69.9. The lowest BCUT2D eigenvalue weighted by Crippen LogP contribution is -2.39. The summed E-state index contributed by atoms with van der Waals surface area (Å²) in [5, 5.41) is 52.8. The number of hydrogen-bond donors (Lipinski definition) is 6. The Morgan fingerprint density at radius 1 is 0.187 bits per heavy atom. The van der Waals surface area contributed by atoms with E-state index >= 15 is 0 Å². The number of carbonyl (C=O) groups excluding carboxylic acids is 16. The molecule has 0 saturated heterocycles. The Kier molecular flexibility index (Phi) is 95.5. The van der Waals surface area contributed by atoms with Crippen LogP contribution < -0.4 is 0 Å². The fraction of sp³-hybridized carbons (Fsp3) is 0.822. The van der Waals surface area contributed by atoms with Gasteiger partial charge in [-0.2, -0.15) is 0 Å². The first-order valence-corrected chi connectivity index (χ1v) is 45.9. The largest absolute Gasteiger partial charge is 0.508 e. The van der Waals surface area contributed by atoms with Gasteiger partial charge in [-0.3, -0.25) is 0 Å².